The van der Waals surface area contributed by atoms with Crippen molar-refractivity contribution in [3.8, 4) is 0 Å². The van der Waals surface area contributed by atoms with Gasteiger partial charge < -0.3 is 10.4 Å². The molecule has 0 aliphatic carbocycles. The molecule has 2 aromatic rings. The number of benzene rings is 2. The zero-order chi connectivity index (χ0) is 23.0. The van der Waals surface area contributed by atoms with Gasteiger partial charge in [-0.05, 0) is 54.8 Å². The van der Waals surface area contributed by atoms with E-state index in [-0.39, 0.29) is 6.04 Å². The van der Waals surface area contributed by atoms with Crippen LogP contribution in [0.3, 0.4) is 0 Å². The van der Waals surface area contributed by atoms with Crippen LogP contribution in [0.25, 0.3) is 6.08 Å². The van der Waals surface area contributed by atoms with Gasteiger partial charge in [-0.3, -0.25) is 4.90 Å². The summed E-state index contributed by atoms with van der Waals surface area (Å²) in [5, 5.41) is 12.0. The van der Waals surface area contributed by atoms with Crippen molar-refractivity contribution in [1.82, 2.24) is 4.90 Å². The van der Waals surface area contributed by atoms with Crippen LogP contribution in [-0.4, -0.2) is 29.1 Å². The van der Waals surface area contributed by atoms with Gasteiger partial charge in [-0.25, -0.2) is 9.18 Å². The van der Waals surface area contributed by atoms with Gasteiger partial charge in [-0.2, -0.15) is 13.2 Å². The van der Waals surface area contributed by atoms with E-state index in [9.17, 15) is 22.4 Å². The lowest BCUT2D eigenvalue weighted by atomic mass is 10.1. The summed E-state index contributed by atoms with van der Waals surface area (Å²) in [7, 11) is 1.78. The van der Waals surface area contributed by atoms with Gasteiger partial charge in [0.2, 0.25) is 0 Å². The number of halogens is 4. The number of carboxylic acid groups (broad SMARTS) is 1. The predicted molar refractivity (Wildman–Crippen MR) is 114 cm³/mol. The Bertz CT molecular complexity index is 1040. The minimum absolute atomic E-state index is 0.124. The van der Waals surface area contributed by atoms with E-state index in [2.05, 4.69) is 11.9 Å². The van der Waals surface area contributed by atoms with Crippen molar-refractivity contribution in [2.24, 2.45) is 0 Å². The van der Waals surface area contributed by atoms with Gasteiger partial charge in [0.1, 0.15) is 5.82 Å². The van der Waals surface area contributed by atoms with Crippen LogP contribution in [0.2, 0.25) is 0 Å². The quantitative estimate of drug-likeness (QED) is 0.447. The Morgan fingerprint density at radius 3 is 2.39 bits per heavy atom. The molecule has 0 aromatic heterocycles. The number of hydrogen-bond acceptors (Lipinski definition) is 4. The fourth-order valence-electron chi connectivity index (χ4n) is 3.28. The molecule has 1 fully saturated rings. The van der Waals surface area contributed by atoms with Gasteiger partial charge in [0.05, 0.1) is 5.56 Å². The molecule has 1 heterocycles. The highest BCUT2D eigenvalue weighted by Gasteiger charge is 2.48. The number of nitrogens with one attached hydrogen (secondary N) is 1. The topological polar surface area (TPSA) is 52.6 Å². The Balaban J connectivity index is 2.01. The standard InChI is InChI=1S/C22H20F4N2O2S/c1-13-14(2)31-22(28(13)3,16-7-10-18(19(23)12-16)21(24,25)26)27-17-8-4-15(5-9-17)6-11-20(29)30/h4-13,27H,2H2,1,3H3,(H,29,30)/b11-6+. The van der Waals surface area contributed by atoms with Gasteiger partial charge in [-0.1, -0.05) is 36.5 Å². The molecule has 0 radical (unpaired) electrons. The highest BCUT2D eigenvalue weighted by atomic mass is 32.2. The monoisotopic (exact) mass is 452 g/mol. The first kappa shape index (κ1) is 22.9. The van der Waals surface area contributed by atoms with E-state index in [1.54, 1.807) is 31.3 Å². The first-order valence-corrected chi connectivity index (χ1v) is 10.0. The molecule has 2 N–H and O–H groups in total. The van der Waals surface area contributed by atoms with Crippen LogP contribution in [-0.2, 0) is 16.0 Å². The number of thioether (sulfide) groups is 1. The molecule has 1 aliphatic heterocycles. The predicted octanol–water partition coefficient (Wildman–Crippen LogP) is 5.75. The van der Waals surface area contributed by atoms with Crippen LogP contribution in [0.1, 0.15) is 23.6 Å². The fraction of sp³-hybridized carbons (Fsp3) is 0.227. The Hall–Kier alpha value is -2.78. The van der Waals surface area contributed by atoms with E-state index in [1.165, 1.54) is 23.9 Å². The normalized spacial score (nSPS) is 22.3. The van der Waals surface area contributed by atoms with Gasteiger partial charge in [0, 0.05) is 23.4 Å². The molecule has 31 heavy (non-hydrogen) atoms. The maximum absolute atomic E-state index is 14.4. The molecular formula is C22H20F4N2O2S. The number of rotatable bonds is 5. The minimum Gasteiger partial charge on any atom is -0.478 e. The first-order chi connectivity index (χ1) is 14.4. The number of nitrogens with zero attached hydrogens (tertiary/aromatic N) is 1. The van der Waals surface area contributed by atoms with Crippen LogP contribution < -0.4 is 5.32 Å². The van der Waals surface area contributed by atoms with Gasteiger partial charge >= 0.3 is 12.1 Å². The van der Waals surface area contributed by atoms with Crippen LogP contribution in [0, 0.1) is 5.82 Å². The van der Waals surface area contributed by atoms with E-state index in [4.69, 9.17) is 5.11 Å². The molecule has 9 heteroatoms. The second-order valence-electron chi connectivity index (χ2n) is 7.11. The number of aliphatic carboxylic acids is 1. The van der Waals surface area contributed by atoms with Gasteiger partial charge in [0.15, 0.2) is 4.99 Å². The molecule has 1 saturated heterocycles. The molecule has 0 spiro atoms. The molecule has 1 aliphatic rings. The third kappa shape index (κ3) is 4.62. The van der Waals surface area contributed by atoms with Crippen LogP contribution in [0.5, 0.6) is 0 Å². The summed E-state index contributed by atoms with van der Waals surface area (Å²) < 4.78 is 53.5. The van der Waals surface area contributed by atoms with Crippen LogP contribution in [0.15, 0.2) is 60.0 Å². The van der Waals surface area contributed by atoms with Crippen LogP contribution in [0.4, 0.5) is 23.2 Å². The van der Waals surface area contributed by atoms with E-state index in [0.717, 1.165) is 23.1 Å². The number of carbonyl (C=O) groups is 1. The summed E-state index contributed by atoms with van der Waals surface area (Å²) in [6.07, 6.45) is -2.33. The van der Waals surface area contributed by atoms with E-state index in [0.29, 0.717) is 16.8 Å². The van der Waals surface area contributed by atoms with Crippen molar-refractivity contribution >= 4 is 29.5 Å². The maximum Gasteiger partial charge on any atom is 0.419 e. The summed E-state index contributed by atoms with van der Waals surface area (Å²) >= 11 is 1.30. The molecule has 4 nitrogen and oxygen atoms in total. The Kier molecular flexibility index (Phi) is 6.20. The lowest BCUT2D eigenvalue weighted by Crippen LogP contribution is -2.46. The Morgan fingerprint density at radius 2 is 1.90 bits per heavy atom. The SMILES string of the molecule is C=C1SC(Nc2ccc(/C=C/C(=O)O)cc2)(c2ccc(C(F)(F)F)c(F)c2)N(C)C1C. The van der Waals surface area contributed by atoms with Crippen molar-refractivity contribution in [1.29, 1.82) is 0 Å². The first-order valence-electron chi connectivity index (χ1n) is 9.21. The number of carboxylic acids is 1. The summed E-state index contributed by atoms with van der Waals surface area (Å²) in [6, 6.07) is 9.59. The minimum atomic E-state index is -4.78. The van der Waals surface area contributed by atoms with Crippen molar-refractivity contribution in [3.05, 3.63) is 82.5 Å². The van der Waals surface area contributed by atoms with Crippen molar-refractivity contribution in [3.63, 3.8) is 0 Å². The molecule has 164 valence electrons. The highest BCUT2D eigenvalue weighted by molar-refractivity contribution is 8.04. The molecule has 2 unspecified atom stereocenters. The molecule has 0 saturated carbocycles. The Labute approximate surface area is 181 Å². The summed E-state index contributed by atoms with van der Waals surface area (Å²) in [4.78, 5) is 12.2. The lowest BCUT2D eigenvalue weighted by molar-refractivity contribution is -0.140. The van der Waals surface area contributed by atoms with E-state index >= 15 is 0 Å². The van der Waals surface area contributed by atoms with Crippen molar-refractivity contribution in [2.45, 2.75) is 24.1 Å². The zero-order valence-corrected chi connectivity index (χ0v) is 17.5. The van der Waals surface area contributed by atoms with Gasteiger partial charge in [0.25, 0.3) is 0 Å². The van der Waals surface area contributed by atoms with Gasteiger partial charge in [-0.15, -0.1) is 0 Å². The molecule has 2 atom stereocenters. The van der Waals surface area contributed by atoms with Crippen LogP contribution >= 0.6 is 11.8 Å². The average Bonchev–Trinajstić information content (AvgIpc) is 2.91. The average molecular weight is 452 g/mol. The number of anilines is 1. The maximum atomic E-state index is 14.4. The highest BCUT2D eigenvalue weighted by Crippen LogP contribution is 2.52. The summed E-state index contributed by atoms with van der Waals surface area (Å²) in [5.41, 5.74) is 0.270. The smallest absolute Gasteiger partial charge is 0.419 e. The molecular weight excluding hydrogens is 432 g/mol. The largest absolute Gasteiger partial charge is 0.478 e. The fourth-order valence-corrected chi connectivity index (χ4v) is 4.70. The summed E-state index contributed by atoms with van der Waals surface area (Å²) in [6.45, 7) is 5.93. The molecule has 0 bridgehead atoms. The van der Waals surface area contributed by atoms with E-state index in [1.807, 2.05) is 11.8 Å². The van der Waals surface area contributed by atoms with Crippen molar-refractivity contribution in [2.75, 3.05) is 12.4 Å². The second kappa shape index (κ2) is 8.39. The third-order valence-corrected chi connectivity index (χ3v) is 6.66. The van der Waals surface area contributed by atoms with Crippen molar-refractivity contribution < 1.29 is 27.5 Å². The molecule has 2 aromatic carbocycles. The molecule has 3 rings (SSSR count). The summed E-state index contributed by atoms with van der Waals surface area (Å²) in [5.74, 6) is -2.42. The number of hydrogen-bond donors (Lipinski definition) is 2. The third-order valence-electron chi connectivity index (χ3n) is 5.13. The second-order valence-corrected chi connectivity index (χ2v) is 8.43. The molecule has 0 amide bonds. The lowest BCUT2D eigenvalue weighted by Gasteiger charge is -2.38. The zero-order valence-electron chi connectivity index (χ0n) is 16.7. The number of alkyl halides is 3. The Morgan fingerprint density at radius 1 is 1.26 bits per heavy atom. The van der Waals surface area contributed by atoms with E-state index < -0.39 is 28.5 Å². The number of likely N-dealkylation sites (N-methyl/N-ethyl adjacent to an activating group) is 1.